The van der Waals surface area contributed by atoms with E-state index in [-0.39, 0.29) is 0 Å². The highest BCUT2D eigenvalue weighted by atomic mass is 16.2. The van der Waals surface area contributed by atoms with Gasteiger partial charge in [-0.15, -0.1) is 0 Å². The van der Waals surface area contributed by atoms with Crippen molar-refractivity contribution in [3.05, 3.63) is 0 Å². The molecule has 0 aliphatic carbocycles. The largest absolute Gasteiger partial charge is 0.396 e. The summed E-state index contributed by atoms with van der Waals surface area (Å²) in [5.41, 5.74) is 0. The Morgan fingerprint density at radius 3 is 2.46 bits per heavy atom. The lowest BCUT2D eigenvalue weighted by Gasteiger charge is -2.24. The highest BCUT2D eigenvalue weighted by Gasteiger charge is 2.06. The molecular weight excluding hydrogens is 162 g/mol. The third-order valence-electron chi connectivity index (χ3n) is 2.63. The Morgan fingerprint density at radius 1 is 1.23 bits per heavy atom. The van der Waals surface area contributed by atoms with E-state index in [1.54, 1.807) is 0 Å². The molecule has 0 saturated heterocycles. The minimum Gasteiger partial charge on any atom is -0.396 e. The van der Waals surface area contributed by atoms with Crippen molar-refractivity contribution in [1.82, 2.24) is 4.90 Å². The molecule has 1 atom stereocenters. The zero-order valence-electron chi connectivity index (χ0n) is 9.42. The number of unbranched alkanes of at least 4 members (excludes halogenated alkanes) is 2. The highest BCUT2D eigenvalue weighted by Crippen LogP contribution is 2.05. The monoisotopic (exact) mass is 187 g/mol. The molecule has 1 unspecified atom stereocenters. The van der Waals surface area contributed by atoms with Gasteiger partial charge in [0.15, 0.2) is 0 Å². The van der Waals surface area contributed by atoms with Gasteiger partial charge in [-0.05, 0) is 46.2 Å². The number of aliphatic hydroxyl groups excluding tert-OH is 1. The standard InChI is InChI=1S/C11H25NO/c1-4-8-11(2)12(3)9-6-5-7-10-13/h11,13H,4-10H2,1-3H3. The van der Waals surface area contributed by atoms with Crippen LogP contribution in [0.2, 0.25) is 0 Å². The first-order valence-electron chi connectivity index (χ1n) is 5.53. The van der Waals surface area contributed by atoms with Crippen molar-refractivity contribution in [2.75, 3.05) is 20.2 Å². The van der Waals surface area contributed by atoms with Crippen LogP contribution in [0.4, 0.5) is 0 Å². The first-order chi connectivity index (χ1) is 6.22. The number of hydrogen-bond acceptors (Lipinski definition) is 2. The van der Waals surface area contributed by atoms with Crippen molar-refractivity contribution in [3.8, 4) is 0 Å². The molecule has 80 valence electrons. The van der Waals surface area contributed by atoms with Crippen molar-refractivity contribution in [2.45, 2.75) is 52.0 Å². The van der Waals surface area contributed by atoms with E-state index in [9.17, 15) is 0 Å². The molecule has 0 amide bonds. The molecule has 1 N–H and O–H groups in total. The van der Waals surface area contributed by atoms with E-state index in [1.165, 1.54) is 25.8 Å². The Balaban J connectivity index is 3.32. The Morgan fingerprint density at radius 2 is 1.92 bits per heavy atom. The van der Waals surface area contributed by atoms with Crippen molar-refractivity contribution in [2.24, 2.45) is 0 Å². The quantitative estimate of drug-likeness (QED) is 0.589. The van der Waals surface area contributed by atoms with Gasteiger partial charge >= 0.3 is 0 Å². The number of nitrogens with zero attached hydrogens (tertiary/aromatic N) is 1. The second kappa shape index (κ2) is 8.52. The lowest BCUT2D eigenvalue weighted by molar-refractivity contribution is 0.232. The van der Waals surface area contributed by atoms with Gasteiger partial charge in [-0.3, -0.25) is 0 Å². The van der Waals surface area contributed by atoms with Gasteiger partial charge in [0.05, 0.1) is 0 Å². The normalized spacial score (nSPS) is 13.6. The second-order valence-electron chi connectivity index (χ2n) is 3.90. The maximum atomic E-state index is 8.61. The van der Waals surface area contributed by atoms with Gasteiger partial charge in [0.1, 0.15) is 0 Å². The van der Waals surface area contributed by atoms with Crippen LogP contribution in [-0.4, -0.2) is 36.2 Å². The Labute approximate surface area is 82.9 Å². The summed E-state index contributed by atoms with van der Waals surface area (Å²) >= 11 is 0. The van der Waals surface area contributed by atoms with Crippen molar-refractivity contribution in [3.63, 3.8) is 0 Å². The molecule has 0 aliphatic rings. The molecule has 0 bridgehead atoms. The van der Waals surface area contributed by atoms with Crippen LogP contribution >= 0.6 is 0 Å². The fourth-order valence-corrected chi connectivity index (χ4v) is 1.51. The van der Waals surface area contributed by atoms with E-state index in [1.807, 2.05) is 0 Å². The lowest BCUT2D eigenvalue weighted by Crippen LogP contribution is -2.29. The van der Waals surface area contributed by atoms with Crippen LogP contribution in [-0.2, 0) is 0 Å². The fraction of sp³-hybridized carbons (Fsp3) is 1.00. The van der Waals surface area contributed by atoms with E-state index >= 15 is 0 Å². The predicted molar refractivity (Wildman–Crippen MR) is 57.9 cm³/mol. The molecule has 0 radical (unpaired) electrons. The van der Waals surface area contributed by atoms with Gasteiger partial charge in [-0.2, -0.15) is 0 Å². The Kier molecular flexibility index (Phi) is 8.46. The van der Waals surface area contributed by atoms with Crippen molar-refractivity contribution < 1.29 is 5.11 Å². The topological polar surface area (TPSA) is 23.5 Å². The molecule has 0 aromatic heterocycles. The zero-order chi connectivity index (χ0) is 10.1. The van der Waals surface area contributed by atoms with Crippen LogP contribution in [0.3, 0.4) is 0 Å². The summed E-state index contributed by atoms with van der Waals surface area (Å²) in [6, 6.07) is 0.708. The number of rotatable bonds is 8. The predicted octanol–water partition coefficient (Wildman–Crippen LogP) is 2.27. The molecule has 2 heteroatoms. The molecule has 13 heavy (non-hydrogen) atoms. The zero-order valence-corrected chi connectivity index (χ0v) is 9.42. The molecular formula is C11H25NO. The fourth-order valence-electron chi connectivity index (χ4n) is 1.51. The maximum Gasteiger partial charge on any atom is 0.0431 e. The molecule has 0 rings (SSSR count). The van der Waals surface area contributed by atoms with E-state index in [0.717, 1.165) is 12.8 Å². The van der Waals surface area contributed by atoms with Crippen LogP contribution in [0.15, 0.2) is 0 Å². The molecule has 0 heterocycles. The van der Waals surface area contributed by atoms with Crippen LogP contribution in [0.25, 0.3) is 0 Å². The van der Waals surface area contributed by atoms with Gasteiger partial charge in [0.25, 0.3) is 0 Å². The van der Waals surface area contributed by atoms with E-state index in [2.05, 4.69) is 25.8 Å². The van der Waals surface area contributed by atoms with Crippen LogP contribution in [0.1, 0.15) is 46.0 Å². The minimum atomic E-state index is 0.341. The lowest BCUT2D eigenvalue weighted by atomic mass is 10.1. The van der Waals surface area contributed by atoms with E-state index in [4.69, 9.17) is 5.11 Å². The maximum absolute atomic E-state index is 8.61. The first kappa shape index (κ1) is 12.9. The van der Waals surface area contributed by atoms with Crippen LogP contribution in [0.5, 0.6) is 0 Å². The van der Waals surface area contributed by atoms with E-state index < -0.39 is 0 Å². The molecule has 0 aromatic rings. The van der Waals surface area contributed by atoms with Gasteiger partial charge < -0.3 is 10.0 Å². The van der Waals surface area contributed by atoms with Gasteiger partial charge in [-0.25, -0.2) is 0 Å². The average Bonchev–Trinajstić information content (AvgIpc) is 2.12. The highest BCUT2D eigenvalue weighted by molar-refractivity contribution is 4.62. The summed E-state index contributed by atoms with van der Waals surface area (Å²) in [5, 5.41) is 8.61. The Bertz CT molecular complexity index is 106. The smallest absolute Gasteiger partial charge is 0.0431 e. The third kappa shape index (κ3) is 7.03. The van der Waals surface area contributed by atoms with Crippen LogP contribution in [0, 0.1) is 0 Å². The summed E-state index contributed by atoms with van der Waals surface area (Å²) in [4.78, 5) is 2.42. The Hall–Kier alpha value is -0.0800. The van der Waals surface area contributed by atoms with Crippen molar-refractivity contribution in [1.29, 1.82) is 0 Å². The molecule has 0 fully saturated rings. The molecule has 0 spiro atoms. The summed E-state index contributed by atoms with van der Waals surface area (Å²) < 4.78 is 0. The molecule has 0 aromatic carbocycles. The number of aliphatic hydroxyl groups is 1. The SMILES string of the molecule is CCCC(C)N(C)CCCCCO. The van der Waals surface area contributed by atoms with Gasteiger partial charge in [-0.1, -0.05) is 13.3 Å². The average molecular weight is 187 g/mol. The van der Waals surface area contributed by atoms with Crippen molar-refractivity contribution >= 4 is 0 Å². The summed E-state index contributed by atoms with van der Waals surface area (Å²) in [6.45, 7) is 6.03. The molecule has 0 saturated carbocycles. The van der Waals surface area contributed by atoms with Crippen LogP contribution < -0.4 is 0 Å². The van der Waals surface area contributed by atoms with Gasteiger partial charge in [0.2, 0.25) is 0 Å². The summed E-state index contributed by atoms with van der Waals surface area (Å²) in [6.07, 6.45) is 5.87. The minimum absolute atomic E-state index is 0.341. The summed E-state index contributed by atoms with van der Waals surface area (Å²) in [7, 11) is 2.19. The molecule has 0 aliphatic heterocycles. The third-order valence-corrected chi connectivity index (χ3v) is 2.63. The first-order valence-corrected chi connectivity index (χ1v) is 5.53. The second-order valence-corrected chi connectivity index (χ2v) is 3.90. The molecule has 2 nitrogen and oxygen atoms in total. The van der Waals surface area contributed by atoms with Gasteiger partial charge in [0, 0.05) is 12.6 Å². The summed E-state index contributed by atoms with van der Waals surface area (Å²) in [5.74, 6) is 0. The number of hydrogen-bond donors (Lipinski definition) is 1. The van der Waals surface area contributed by atoms with E-state index in [0.29, 0.717) is 12.6 Å².